The fourth-order valence-electron chi connectivity index (χ4n) is 2.98. The second kappa shape index (κ2) is 7.95. The number of thiazole rings is 1. The van der Waals surface area contributed by atoms with E-state index in [0.29, 0.717) is 24.0 Å². The summed E-state index contributed by atoms with van der Waals surface area (Å²) in [4.78, 5) is 18.0. The summed E-state index contributed by atoms with van der Waals surface area (Å²) in [6.45, 7) is 7.27. The zero-order valence-corrected chi connectivity index (χ0v) is 17.2. The first kappa shape index (κ1) is 21.6. The smallest absolute Gasteiger partial charge is 0.416 e. The van der Waals surface area contributed by atoms with Gasteiger partial charge in [0.25, 0.3) is 5.91 Å². The van der Waals surface area contributed by atoms with Gasteiger partial charge in [0.1, 0.15) is 5.75 Å². The summed E-state index contributed by atoms with van der Waals surface area (Å²) in [5.41, 5.74) is -1.67. The summed E-state index contributed by atoms with van der Waals surface area (Å²) in [5, 5.41) is 9.91. The monoisotopic (exact) mass is 428 g/mol. The fraction of sp³-hybridized carbons (Fsp3) is 0.500. The number of aromatic hydroxyl groups is 1. The van der Waals surface area contributed by atoms with Gasteiger partial charge < -0.3 is 14.4 Å². The Hall–Kier alpha value is -2.13. The molecule has 2 heterocycles. The van der Waals surface area contributed by atoms with Crippen molar-refractivity contribution in [2.24, 2.45) is 4.99 Å². The van der Waals surface area contributed by atoms with Crippen LogP contribution in [0, 0.1) is 0 Å². The molecule has 1 aromatic heterocycles. The van der Waals surface area contributed by atoms with Crippen LogP contribution in [0.2, 0.25) is 0 Å². The Morgan fingerprint density at radius 2 is 2.07 bits per heavy atom. The van der Waals surface area contributed by atoms with Crippen LogP contribution in [0.1, 0.15) is 54.4 Å². The van der Waals surface area contributed by atoms with Crippen LogP contribution in [0.15, 0.2) is 29.4 Å². The Morgan fingerprint density at radius 1 is 1.34 bits per heavy atom. The lowest BCUT2D eigenvalue weighted by Crippen LogP contribution is -2.23. The van der Waals surface area contributed by atoms with Crippen molar-refractivity contribution in [2.45, 2.75) is 57.9 Å². The van der Waals surface area contributed by atoms with Crippen LogP contribution in [0.5, 0.6) is 5.75 Å². The van der Waals surface area contributed by atoms with Gasteiger partial charge in [0.2, 0.25) is 0 Å². The average Bonchev–Trinajstić information content (AvgIpc) is 3.24. The molecule has 1 aliphatic rings. The van der Waals surface area contributed by atoms with E-state index in [0.717, 1.165) is 29.9 Å². The van der Waals surface area contributed by atoms with E-state index in [1.54, 1.807) is 0 Å². The molecule has 1 atom stereocenters. The molecule has 0 radical (unpaired) electrons. The predicted octanol–water partition coefficient (Wildman–Crippen LogP) is 4.49. The fourth-order valence-corrected chi connectivity index (χ4v) is 4.04. The maximum atomic E-state index is 13.0. The van der Waals surface area contributed by atoms with Gasteiger partial charge in [0.05, 0.1) is 23.8 Å². The molecule has 158 valence electrons. The molecule has 1 N–H and O–H groups in total. The van der Waals surface area contributed by atoms with E-state index in [-0.39, 0.29) is 11.5 Å². The van der Waals surface area contributed by atoms with Crippen LogP contribution in [-0.2, 0) is 22.9 Å². The number of ether oxygens (including phenoxy) is 1. The van der Waals surface area contributed by atoms with E-state index in [2.05, 4.69) is 4.99 Å². The van der Waals surface area contributed by atoms with Crippen molar-refractivity contribution in [1.29, 1.82) is 0 Å². The minimum absolute atomic E-state index is 0.00781. The SMILES string of the molecule is CC(C)(C)c1cn(C[C@H]2CCCO2)c(=NC(=O)c2cc(C(F)(F)F)ccc2O)s1. The van der Waals surface area contributed by atoms with Crippen LogP contribution in [0.25, 0.3) is 0 Å². The summed E-state index contributed by atoms with van der Waals surface area (Å²) >= 11 is 1.30. The van der Waals surface area contributed by atoms with Crippen LogP contribution in [-0.4, -0.2) is 28.3 Å². The molecule has 3 rings (SSSR count). The topological polar surface area (TPSA) is 63.8 Å². The Morgan fingerprint density at radius 3 is 2.66 bits per heavy atom. The number of hydrogen-bond donors (Lipinski definition) is 1. The molecule has 0 bridgehead atoms. The van der Waals surface area contributed by atoms with Crippen molar-refractivity contribution in [3.63, 3.8) is 0 Å². The first-order valence-electron chi connectivity index (χ1n) is 9.27. The average molecular weight is 428 g/mol. The van der Waals surface area contributed by atoms with Crippen molar-refractivity contribution in [3.8, 4) is 5.75 Å². The van der Waals surface area contributed by atoms with Crippen LogP contribution >= 0.6 is 11.3 Å². The maximum Gasteiger partial charge on any atom is 0.416 e. The lowest BCUT2D eigenvalue weighted by Gasteiger charge is -2.15. The number of carbonyl (C=O) groups is 1. The van der Waals surface area contributed by atoms with E-state index >= 15 is 0 Å². The van der Waals surface area contributed by atoms with Gasteiger partial charge in [0, 0.05) is 17.7 Å². The Bertz CT molecular complexity index is 965. The summed E-state index contributed by atoms with van der Waals surface area (Å²) < 4.78 is 46.4. The molecule has 1 amide bonds. The molecular weight excluding hydrogens is 405 g/mol. The summed E-state index contributed by atoms with van der Waals surface area (Å²) in [7, 11) is 0. The minimum Gasteiger partial charge on any atom is -0.507 e. The third kappa shape index (κ3) is 5.08. The lowest BCUT2D eigenvalue weighted by molar-refractivity contribution is -0.137. The Labute approximate surface area is 170 Å². The third-order valence-corrected chi connectivity index (χ3v) is 6.08. The maximum absolute atomic E-state index is 13.0. The molecule has 1 aliphatic heterocycles. The van der Waals surface area contributed by atoms with Crippen molar-refractivity contribution in [3.05, 3.63) is 45.2 Å². The normalized spacial score (nSPS) is 18.4. The molecule has 0 spiro atoms. The van der Waals surface area contributed by atoms with Crippen LogP contribution in [0.4, 0.5) is 13.2 Å². The van der Waals surface area contributed by atoms with E-state index in [1.807, 2.05) is 31.5 Å². The quantitative estimate of drug-likeness (QED) is 0.783. The number of hydrogen-bond acceptors (Lipinski definition) is 4. The third-order valence-electron chi connectivity index (χ3n) is 4.64. The molecule has 2 aromatic rings. The highest BCUT2D eigenvalue weighted by Gasteiger charge is 2.32. The molecule has 1 saturated heterocycles. The summed E-state index contributed by atoms with van der Waals surface area (Å²) in [5.74, 6) is -1.46. The lowest BCUT2D eigenvalue weighted by atomic mass is 9.95. The molecule has 1 fully saturated rings. The van der Waals surface area contributed by atoms with Gasteiger partial charge in [-0.25, -0.2) is 0 Å². The zero-order valence-electron chi connectivity index (χ0n) is 16.4. The number of aromatic nitrogens is 1. The second-order valence-electron chi connectivity index (χ2n) is 8.06. The largest absolute Gasteiger partial charge is 0.507 e. The molecular formula is C20H23F3N2O3S. The highest BCUT2D eigenvalue weighted by Crippen LogP contribution is 2.32. The predicted molar refractivity (Wildman–Crippen MR) is 103 cm³/mol. The molecule has 0 unspecified atom stereocenters. The second-order valence-corrected chi connectivity index (χ2v) is 9.07. The number of carbonyl (C=O) groups excluding carboxylic acids is 1. The highest BCUT2D eigenvalue weighted by atomic mass is 32.1. The van der Waals surface area contributed by atoms with Crippen molar-refractivity contribution >= 4 is 17.2 Å². The number of rotatable bonds is 3. The van der Waals surface area contributed by atoms with Gasteiger partial charge in [-0.1, -0.05) is 20.8 Å². The molecule has 5 nitrogen and oxygen atoms in total. The van der Waals surface area contributed by atoms with E-state index in [9.17, 15) is 23.1 Å². The molecule has 0 aliphatic carbocycles. The first-order chi connectivity index (χ1) is 13.4. The first-order valence-corrected chi connectivity index (χ1v) is 10.1. The Balaban J connectivity index is 2.02. The number of halogens is 3. The van der Waals surface area contributed by atoms with Crippen LogP contribution in [0.3, 0.4) is 0 Å². The summed E-state index contributed by atoms with van der Waals surface area (Å²) in [6.07, 6.45) is -0.844. The molecule has 1 aromatic carbocycles. The van der Waals surface area contributed by atoms with Gasteiger partial charge in [-0.15, -0.1) is 11.3 Å². The van der Waals surface area contributed by atoms with Gasteiger partial charge >= 0.3 is 6.18 Å². The Kier molecular flexibility index (Phi) is 5.91. The standard InChI is InChI=1S/C20H23F3N2O3S/c1-19(2,3)16-11-25(10-13-5-4-8-28-13)18(29-16)24-17(27)14-9-12(20(21,22)23)6-7-15(14)26/h6-7,9,11,13,26H,4-5,8,10H2,1-3H3/t13-/m1/s1. The minimum atomic E-state index is -4.62. The van der Waals surface area contributed by atoms with Crippen molar-refractivity contribution in [1.82, 2.24) is 4.57 Å². The van der Waals surface area contributed by atoms with Gasteiger partial charge in [0.15, 0.2) is 4.80 Å². The molecule has 0 saturated carbocycles. The number of alkyl halides is 3. The van der Waals surface area contributed by atoms with E-state index in [4.69, 9.17) is 4.74 Å². The van der Waals surface area contributed by atoms with Gasteiger partial charge in [-0.2, -0.15) is 18.2 Å². The van der Waals surface area contributed by atoms with Crippen molar-refractivity contribution in [2.75, 3.05) is 6.61 Å². The van der Waals surface area contributed by atoms with E-state index in [1.165, 1.54) is 11.3 Å². The number of nitrogens with zero attached hydrogens (tertiary/aromatic N) is 2. The highest BCUT2D eigenvalue weighted by molar-refractivity contribution is 7.09. The van der Waals surface area contributed by atoms with Crippen LogP contribution < -0.4 is 4.80 Å². The number of phenolic OH excluding ortho intramolecular Hbond substituents is 1. The zero-order chi connectivity index (χ0) is 21.4. The van der Waals surface area contributed by atoms with E-state index < -0.39 is 29.0 Å². The number of phenols is 1. The summed E-state index contributed by atoms with van der Waals surface area (Å²) in [6, 6.07) is 2.22. The van der Waals surface area contributed by atoms with Gasteiger partial charge in [-0.3, -0.25) is 4.79 Å². The van der Waals surface area contributed by atoms with Gasteiger partial charge in [-0.05, 0) is 36.5 Å². The number of amides is 1. The molecule has 29 heavy (non-hydrogen) atoms. The van der Waals surface area contributed by atoms with Crippen molar-refractivity contribution < 1.29 is 27.8 Å². The number of benzene rings is 1. The molecule has 9 heteroatoms.